The van der Waals surface area contributed by atoms with E-state index in [-0.39, 0.29) is 6.61 Å². The maximum Gasteiger partial charge on any atom is 0.228 e. The average molecular weight is 411 g/mol. The molecule has 0 radical (unpaired) electrons. The molecule has 1 aliphatic heterocycles. The molecule has 1 aliphatic rings. The van der Waals surface area contributed by atoms with Crippen molar-refractivity contribution in [3.63, 3.8) is 0 Å². The predicted octanol–water partition coefficient (Wildman–Crippen LogP) is 1.90. The van der Waals surface area contributed by atoms with Crippen molar-refractivity contribution in [1.82, 2.24) is 9.55 Å². The second-order valence-corrected chi connectivity index (χ2v) is 7.85. The highest BCUT2D eigenvalue weighted by Crippen LogP contribution is 2.28. The lowest BCUT2D eigenvalue weighted by atomic mass is 10.1. The van der Waals surface area contributed by atoms with Gasteiger partial charge in [-0.15, -0.1) is 0 Å². The van der Waals surface area contributed by atoms with Crippen LogP contribution in [0.4, 0.5) is 5.82 Å². The summed E-state index contributed by atoms with van der Waals surface area (Å²) in [5, 5.41) is 29.5. The molecule has 4 unspecified atom stereocenters. The number of aliphatic hydroxyl groups is 3. The summed E-state index contributed by atoms with van der Waals surface area (Å²) < 4.78 is 7.15. The molecule has 8 heteroatoms. The molecule has 0 bridgehead atoms. The first kappa shape index (κ1) is 23.8. The van der Waals surface area contributed by atoms with Crippen LogP contribution in [0.25, 0.3) is 0 Å². The van der Waals surface area contributed by atoms with Gasteiger partial charge in [-0.1, -0.05) is 64.7 Å². The van der Waals surface area contributed by atoms with E-state index in [1.165, 1.54) is 51.4 Å². The second kappa shape index (κ2) is 13.0. The molecule has 0 amide bonds. The van der Waals surface area contributed by atoms with Crippen LogP contribution < -0.4 is 11.4 Å². The molecule has 0 spiro atoms. The smallest absolute Gasteiger partial charge is 0.228 e. The van der Waals surface area contributed by atoms with Gasteiger partial charge in [-0.3, -0.25) is 9.56 Å². The number of rotatable bonds is 13. The molecule has 29 heavy (non-hydrogen) atoms. The molecular formula is C21H38N4O4. The summed E-state index contributed by atoms with van der Waals surface area (Å²) in [6.45, 7) is 2.48. The van der Waals surface area contributed by atoms with Crippen LogP contribution in [0.5, 0.6) is 0 Å². The van der Waals surface area contributed by atoms with E-state index in [2.05, 4.69) is 16.9 Å². The molecule has 4 atom stereocenters. The van der Waals surface area contributed by atoms with Crippen molar-refractivity contribution >= 4 is 5.82 Å². The number of nitrogens with two attached hydrogens (primary N) is 1. The lowest BCUT2D eigenvalue weighted by Gasteiger charge is -2.18. The quantitative estimate of drug-likeness (QED) is 0.368. The molecule has 0 aliphatic carbocycles. The topological polar surface area (TPSA) is 126 Å². The average Bonchev–Trinajstić information content (AvgIpc) is 3.00. The van der Waals surface area contributed by atoms with Crippen molar-refractivity contribution in [3.05, 3.63) is 17.9 Å². The second-order valence-electron chi connectivity index (χ2n) is 7.85. The molecule has 1 aromatic rings. The Morgan fingerprint density at radius 1 is 1.03 bits per heavy atom. The number of hydrogen-bond donors (Lipinski definition) is 4. The first-order chi connectivity index (χ1) is 14.1. The fraction of sp³-hybridized carbons (Fsp3) is 0.810. The lowest BCUT2D eigenvalue weighted by Crippen LogP contribution is -2.36. The predicted molar refractivity (Wildman–Crippen MR) is 112 cm³/mol. The van der Waals surface area contributed by atoms with Gasteiger partial charge < -0.3 is 25.8 Å². The van der Waals surface area contributed by atoms with Crippen LogP contribution in [0.2, 0.25) is 0 Å². The van der Waals surface area contributed by atoms with E-state index in [1.54, 1.807) is 16.8 Å². The maximum absolute atomic E-state index is 10.3. The van der Waals surface area contributed by atoms with Gasteiger partial charge in [-0.05, 0) is 12.5 Å². The minimum Gasteiger partial charge on any atom is -0.394 e. The number of hydrogen-bond acceptors (Lipinski definition) is 7. The van der Waals surface area contributed by atoms with Crippen LogP contribution in [-0.4, -0.2) is 56.3 Å². The van der Waals surface area contributed by atoms with Gasteiger partial charge in [0.05, 0.1) is 6.61 Å². The third-order valence-corrected chi connectivity index (χ3v) is 5.42. The minimum atomic E-state index is -1.17. The van der Waals surface area contributed by atoms with Gasteiger partial charge in [0, 0.05) is 12.7 Å². The fourth-order valence-corrected chi connectivity index (χ4v) is 3.64. The van der Waals surface area contributed by atoms with Crippen LogP contribution in [0.15, 0.2) is 17.3 Å². The van der Waals surface area contributed by atoms with E-state index in [9.17, 15) is 15.3 Å². The Kier molecular flexibility index (Phi) is 10.6. The summed E-state index contributed by atoms with van der Waals surface area (Å²) in [4.78, 5) is 8.78. The van der Waals surface area contributed by atoms with Crippen LogP contribution in [0, 0.1) is 0 Å². The summed E-state index contributed by atoms with van der Waals surface area (Å²) in [6, 6.07) is 1.59. The Hall–Kier alpha value is -1.48. The highest BCUT2D eigenvalue weighted by Gasteiger charge is 2.43. The number of ether oxygens (including phenoxy) is 1. The van der Waals surface area contributed by atoms with E-state index in [4.69, 9.17) is 10.5 Å². The van der Waals surface area contributed by atoms with Gasteiger partial charge in [-0.2, -0.15) is 4.98 Å². The Labute approximate surface area is 173 Å². The molecule has 1 aromatic heterocycles. The summed E-state index contributed by atoms with van der Waals surface area (Å²) in [5.41, 5.74) is 6.15. The SMILES string of the molecule is CCCCCCCCCCCCN=c1nc(N)ccn1C1OC(CO)C(O)C1O. The monoisotopic (exact) mass is 410 g/mol. The van der Waals surface area contributed by atoms with Gasteiger partial charge in [0.2, 0.25) is 5.62 Å². The number of aliphatic hydroxyl groups excluding tert-OH is 3. The first-order valence-electron chi connectivity index (χ1n) is 11.1. The zero-order valence-electron chi connectivity index (χ0n) is 17.6. The zero-order valence-corrected chi connectivity index (χ0v) is 17.6. The summed E-state index contributed by atoms with van der Waals surface area (Å²) in [5.74, 6) is 0.329. The minimum absolute atomic E-state index is 0.329. The highest BCUT2D eigenvalue weighted by molar-refractivity contribution is 5.23. The van der Waals surface area contributed by atoms with Crippen LogP contribution in [0.3, 0.4) is 0 Å². The van der Waals surface area contributed by atoms with Crippen molar-refractivity contribution in [2.45, 2.75) is 95.7 Å². The van der Waals surface area contributed by atoms with E-state index < -0.39 is 24.5 Å². The van der Waals surface area contributed by atoms with Crippen molar-refractivity contribution < 1.29 is 20.1 Å². The molecule has 1 saturated heterocycles. The van der Waals surface area contributed by atoms with Crippen molar-refractivity contribution in [2.24, 2.45) is 4.99 Å². The van der Waals surface area contributed by atoms with Crippen molar-refractivity contribution in [2.75, 3.05) is 18.9 Å². The van der Waals surface area contributed by atoms with Gasteiger partial charge in [0.15, 0.2) is 6.23 Å². The Bertz CT molecular complexity index is 652. The molecular weight excluding hydrogens is 372 g/mol. The van der Waals surface area contributed by atoms with Gasteiger partial charge in [-0.25, -0.2) is 0 Å². The third-order valence-electron chi connectivity index (χ3n) is 5.42. The lowest BCUT2D eigenvalue weighted by molar-refractivity contribution is -0.0553. The van der Waals surface area contributed by atoms with E-state index in [1.807, 2.05) is 0 Å². The largest absolute Gasteiger partial charge is 0.394 e. The fourth-order valence-electron chi connectivity index (χ4n) is 3.64. The first-order valence-corrected chi connectivity index (χ1v) is 11.1. The maximum atomic E-state index is 10.3. The van der Waals surface area contributed by atoms with Crippen LogP contribution >= 0.6 is 0 Å². The Morgan fingerprint density at radius 3 is 2.24 bits per heavy atom. The standard InChI is InChI=1S/C21H38N4O4/c1-2-3-4-5-6-7-8-9-10-11-13-23-21-24-17(22)12-14-25(21)20-19(28)18(27)16(15-26)29-20/h12,14,16,18-20,26-28H,2-11,13,15H2,1H3,(H2,22,23,24). The van der Waals surface area contributed by atoms with Gasteiger partial charge in [0.1, 0.15) is 24.1 Å². The molecule has 5 N–H and O–H groups in total. The van der Waals surface area contributed by atoms with Crippen LogP contribution in [0.1, 0.15) is 77.4 Å². The van der Waals surface area contributed by atoms with Gasteiger partial charge in [0.25, 0.3) is 0 Å². The molecule has 0 aromatic carbocycles. The van der Waals surface area contributed by atoms with Crippen LogP contribution in [-0.2, 0) is 4.74 Å². The van der Waals surface area contributed by atoms with Crippen molar-refractivity contribution in [1.29, 1.82) is 0 Å². The zero-order chi connectivity index (χ0) is 21.1. The van der Waals surface area contributed by atoms with Crippen molar-refractivity contribution in [3.8, 4) is 0 Å². The molecule has 2 rings (SSSR count). The van der Waals surface area contributed by atoms with E-state index >= 15 is 0 Å². The molecule has 0 saturated carbocycles. The Balaban J connectivity index is 1.81. The number of anilines is 1. The molecule has 166 valence electrons. The summed E-state index contributed by atoms with van der Waals surface area (Å²) in [6.07, 6.45) is 10.2. The molecule has 1 fully saturated rings. The number of unbranched alkanes of at least 4 members (excludes halogenated alkanes) is 9. The summed E-state index contributed by atoms with van der Waals surface area (Å²) >= 11 is 0. The van der Waals surface area contributed by atoms with E-state index in [0.717, 1.165) is 12.8 Å². The Morgan fingerprint density at radius 2 is 1.66 bits per heavy atom. The highest BCUT2D eigenvalue weighted by atomic mass is 16.6. The number of nitrogen functional groups attached to an aromatic ring is 1. The van der Waals surface area contributed by atoms with Gasteiger partial charge >= 0.3 is 0 Å². The van der Waals surface area contributed by atoms with E-state index in [0.29, 0.717) is 18.0 Å². The third kappa shape index (κ3) is 7.37. The molecule has 2 heterocycles. The normalized spacial score (nSPS) is 25.0. The number of aromatic nitrogens is 2. The summed E-state index contributed by atoms with van der Waals surface area (Å²) in [7, 11) is 0. The molecule has 8 nitrogen and oxygen atoms in total. The number of nitrogens with zero attached hydrogens (tertiary/aromatic N) is 3.